The maximum Gasteiger partial charge on any atom is 0.0958 e. The first kappa shape index (κ1) is 25.6. The van der Waals surface area contributed by atoms with Crippen LogP contribution in [0.5, 0.6) is 0 Å². The van der Waals surface area contributed by atoms with Gasteiger partial charge in [-0.1, -0.05) is 94.1 Å². The molecule has 0 heterocycles. The van der Waals surface area contributed by atoms with Crippen molar-refractivity contribution in [3.8, 4) is 0 Å². The van der Waals surface area contributed by atoms with Crippen LogP contribution in [0, 0.1) is 0 Å². The molecule has 2 aromatic carbocycles. The fourth-order valence-corrected chi connectivity index (χ4v) is 7.03. The predicted octanol–water partition coefficient (Wildman–Crippen LogP) is 5.46. The van der Waals surface area contributed by atoms with Gasteiger partial charge >= 0.3 is 0 Å². The molecule has 2 nitrogen and oxygen atoms in total. The third-order valence-corrected chi connectivity index (χ3v) is 8.74. The topological polar surface area (TPSA) is 6.48 Å². The van der Waals surface area contributed by atoms with Crippen molar-refractivity contribution < 1.29 is 0 Å². The van der Waals surface area contributed by atoms with E-state index in [1.165, 1.54) is 63.0 Å². The average molecular weight is 437 g/mol. The van der Waals surface area contributed by atoms with Crippen LogP contribution in [0.4, 0.5) is 0 Å². The molecule has 3 heteroatoms. The minimum atomic E-state index is -0.551. The molecule has 0 aromatic heterocycles. The first-order chi connectivity index (χ1) is 15.0. The maximum atomic E-state index is 4.35. The van der Waals surface area contributed by atoms with Gasteiger partial charge in [-0.05, 0) is 75.5 Å². The first-order valence-electron chi connectivity index (χ1n) is 12.3. The summed E-state index contributed by atoms with van der Waals surface area (Å²) in [5, 5.41) is 1.72. The lowest BCUT2D eigenvalue weighted by atomic mass is 10.00. The number of hydrogen-bond acceptors (Lipinski definition) is 2. The Morgan fingerprint density at radius 2 is 1.13 bits per heavy atom. The highest BCUT2D eigenvalue weighted by molar-refractivity contribution is 6.56. The minimum Gasteiger partial charge on any atom is -0.289 e. The van der Waals surface area contributed by atoms with Crippen LogP contribution in [0.15, 0.2) is 61.2 Å². The van der Waals surface area contributed by atoms with Crippen molar-refractivity contribution in [2.24, 2.45) is 0 Å². The van der Waals surface area contributed by atoms with E-state index >= 15 is 0 Å². The van der Waals surface area contributed by atoms with Crippen molar-refractivity contribution in [2.45, 2.75) is 65.6 Å². The molecule has 0 amide bonds. The van der Waals surface area contributed by atoms with Crippen LogP contribution in [-0.4, -0.2) is 50.8 Å². The molecule has 2 aromatic rings. The molecule has 31 heavy (non-hydrogen) atoms. The number of hydrogen-bond donors (Lipinski definition) is 0. The van der Waals surface area contributed by atoms with Crippen molar-refractivity contribution in [3.63, 3.8) is 0 Å². The zero-order chi connectivity index (χ0) is 22.7. The second-order valence-corrected chi connectivity index (χ2v) is 11.4. The van der Waals surface area contributed by atoms with Crippen LogP contribution in [0.2, 0.25) is 0 Å². The third kappa shape index (κ3) is 6.90. The van der Waals surface area contributed by atoms with Gasteiger partial charge in [0, 0.05) is 0 Å². The fraction of sp³-hybridized carbons (Fsp3) is 0.500. The van der Waals surface area contributed by atoms with Crippen LogP contribution in [0.25, 0.3) is 5.57 Å². The molecule has 0 unspecified atom stereocenters. The van der Waals surface area contributed by atoms with Gasteiger partial charge in [-0.25, -0.2) is 0 Å². The van der Waals surface area contributed by atoms with E-state index in [1.54, 1.807) is 5.19 Å². The Balaban J connectivity index is 2.31. The maximum absolute atomic E-state index is 4.35. The summed E-state index contributed by atoms with van der Waals surface area (Å²) in [6.07, 6.45) is 4.86. The summed E-state index contributed by atoms with van der Waals surface area (Å²) in [5.74, 6) is 0. The van der Waals surface area contributed by atoms with Gasteiger partial charge in [0.2, 0.25) is 0 Å². The lowest BCUT2D eigenvalue weighted by molar-refractivity contribution is 0.0163. The van der Waals surface area contributed by atoms with Crippen LogP contribution in [0.1, 0.15) is 71.4 Å². The molecule has 0 N–H and O–H groups in total. The number of benzene rings is 2. The van der Waals surface area contributed by atoms with E-state index in [2.05, 4.69) is 106 Å². The van der Waals surface area contributed by atoms with Gasteiger partial charge in [0.1, 0.15) is 0 Å². The molecule has 2 rings (SSSR count). The van der Waals surface area contributed by atoms with E-state index in [1.807, 2.05) is 0 Å². The second kappa shape index (κ2) is 13.0. The van der Waals surface area contributed by atoms with Gasteiger partial charge in [0.25, 0.3) is 0 Å². The van der Waals surface area contributed by atoms with E-state index in [9.17, 15) is 0 Å². The Morgan fingerprint density at radius 3 is 1.55 bits per heavy atom. The van der Waals surface area contributed by atoms with E-state index < -0.39 is 9.52 Å². The molecule has 0 radical (unpaired) electrons. The Kier molecular flexibility index (Phi) is 10.7. The predicted molar refractivity (Wildman–Crippen MR) is 142 cm³/mol. The van der Waals surface area contributed by atoms with Gasteiger partial charge in [-0.2, -0.15) is 0 Å². The average Bonchev–Trinajstić information content (AvgIpc) is 2.79. The van der Waals surface area contributed by atoms with Gasteiger partial charge in [-0.3, -0.25) is 9.80 Å². The molecule has 0 spiro atoms. The summed E-state index contributed by atoms with van der Waals surface area (Å²) in [5.41, 5.74) is 3.53. The third-order valence-electron chi connectivity index (χ3n) is 6.30. The Labute approximate surface area is 194 Å². The van der Waals surface area contributed by atoms with Crippen LogP contribution in [-0.2, 0) is 0 Å². The van der Waals surface area contributed by atoms with Crippen molar-refractivity contribution in [3.05, 3.63) is 72.3 Å². The molecule has 0 aliphatic carbocycles. The molecule has 0 bridgehead atoms. The zero-order valence-corrected chi connectivity index (χ0v) is 22.1. The summed E-state index contributed by atoms with van der Waals surface area (Å²) in [4.78, 5) is 5.59. The number of rotatable bonds is 14. The SMILES string of the molecule is C=C(c1ccccc1)c1ccc([SiH2]C(C)(N(CCC)CCC)N(CCC)CCC)cc1. The van der Waals surface area contributed by atoms with Crippen molar-refractivity contribution in [1.82, 2.24) is 9.80 Å². The quantitative estimate of drug-likeness (QED) is 0.287. The largest absolute Gasteiger partial charge is 0.289 e. The van der Waals surface area contributed by atoms with Crippen LogP contribution in [0.3, 0.4) is 0 Å². The smallest absolute Gasteiger partial charge is 0.0958 e. The summed E-state index contributed by atoms with van der Waals surface area (Å²) < 4.78 is 0. The Hall–Kier alpha value is -1.68. The van der Waals surface area contributed by atoms with E-state index in [-0.39, 0.29) is 5.29 Å². The monoisotopic (exact) mass is 436 g/mol. The zero-order valence-electron chi connectivity index (χ0n) is 20.7. The molecule has 0 aliphatic heterocycles. The van der Waals surface area contributed by atoms with Crippen molar-refractivity contribution >= 4 is 20.3 Å². The highest BCUT2D eigenvalue weighted by Crippen LogP contribution is 2.23. The first-order valence-corrected chi connectivity index (χ1v) is 13.7. The normalized spacial score (nSPS) is 12.4. The lowest BCUT2D eigenvalue weighted by Crippen LogP contribution is -2.65. The lowest BCUT2D eigenvalue weighted by Gasteiger charge is -2.49. The molecular weight excluding hydrogens is 392 g/mol. The van der Waals surface area contributed by atoms with Crippen molar-refractivity contribution in [1.29, 1.82) is 0 Å². The van der Waals surface area contributed by atoms with Crippen LogP contribution < -0.4 is 5.19 Å². The Bertz CT molecular complexity index is 741. The van der Waals surface area contributed by atoms with E-state index in [0.717, 1.165) is 5.57 Å². The molecule has 0 aliphatic rings. The molecule has 0 fully saturated rings. The van der Waals surface area contributed by atoms with Gasteiger partial charge in [-0.15, -0.1) is 0 Å². The van der Waals surface area contributed by atoms with Gasteiger partial charge < -0.3 is 0 Å². The summed E-state index contributed by atoms with van der Waals surface area (Å²) in [6, 6.07) is 19.8. The number of nitrogens with zero attached hydrogens (tertiary/aromatic N) is 2. The molecule has 0 saturated heterocycles. The summed E-state index contributed by atoms with van der Waals surface area (Å²) >= 11 is 0. The second-order valence-electron chi connectivity index (χ2n) is 8.91. The Morgan fingerprint density at radius 1 is 0.710 bits per heavy atom. The highest BCUT2D eigenvalue weighted by atomic mass is 28.2. The molecular formula is C28H44N2Si. The van der Waals surface area contributed by atoms with E-state index in [0.29, 0.717) is 0 Å². The minimum absolute atomic E-state index is 0.177. The summed E-state index contributed by atoms with van der Waals surface area (Å²) in [7, 11) is -0.551. The highest BCUT2D eigenvalue weighted by Gasteiger charge is 2.36. The molecule has 170 valence electrons. The molecule has 0 atom stereocenters. The fourth-order valence-electron chi connectivity index (χ4n) is 4.71. The van der Waals surface area contributed by atoms with Gasteiger partial charge in [0.05, 0.1) is 14.8 Å². The molecule has 0 saturated carbocycles. The standard InChI is InChI=1S/C28H44N2Si/c1-7-20-29(21-8-2)28(6,30(22-9-3)23-10-4)31-27-18-16-26(17-19-27)24(5)25-14-12-11-13-15-25/h11-19H,5,7-10,20-23,31H2,1-4,6H3. The van der Waals surface area contributed by atoms with E-state index in [4.69, 9.17) is 0 Å². The van der Waals surface area contributed by atoms with Crippen molar-refractivity contribution in [2.75, 3.05) is 26.2 Å². The van der Waals surface area contributed by atoms with Crippen LogP contribution >= 0.6 is 0 Å². The summed E-state index contributed by atoms with van der Waals surface area (Å²) in [6.45, 7) is 20.9. The van der Waals surface area contributed by atoms with Gasteiger partial charge in [0.15, 0.2) is 0 Å².